The molecule has 0 aliphatic carbocycles. The van der Waals surface area contributed by atoms with Crippen LogP contribution in [-0.4, -0.2) is 18.1 Å². The molecule has 0 unspecified atom stereocenters. The van der Waals surface area contributed by atoms with Crippen molar-refractivity contribution in [2.45, 2.75) is 0 Å². The number of ether oxygens (including phenoxy) is 1. The topological polar surface area (TPSA) is 39.2 Å². The van der Waals surface area contributed by atoms with Gasteiger partial charge in [0, 0.05) is 10.0 Å². The van der Waals surface area contributed by atoms with Crippen LogP contribution in [0.15, 0.2) is 40.9 Å². The monoisotopic (exact) mass is 325 g/mol. The lowest BCUT2D eigenvalue weighted by molar-refractivity contribution is 0.0600. The Kier molecular flexibility index (Phi) is 3.99. The number of nitrogens with zero attached hydrogens (tertiary/aromatic N) is 1. The average molecular weight is 327 g/mol. The second-order valence-corrected chi connectivity index (χ2v) is 4.87. The van der Waals surface area contributed by atoms with Crippen LogP contribution in [0.2, 0.25) is 5.15 Å². The Balaban J connectivity index is 2.48. The number of carbonyl (C=O) groups is 1. The molecule has 0 aliphatic rings. The highest BCUT2D eigenvalue weighted by molar-refractivity contribution is 9.10. The van der Waals surface area contributed by atoms with Gasteiger partial charge in [-0.25, -0.2) is 9.78 Å². The first-order valence-electron chi connectivity index (χ1n) is 5.12. The SMILES string of the molecule is COC(=O)c1cc(Cl)nc(-c2ccc(Br)cc2)c1. The number of aromatic nitrogens is 1. The van der Waals surface area contributed by atoms with E-state index < -0.39 is 5.97 Å². The number of methoxy groups -OCH3 is 1. The predicted octanol–water partition coefficient (Wildman–Crippen LogP) is 3.95. The lowest BCUT2D eigenvalue weighted by Crippen LogP contribution is -2.02. The van der Waals surface area contributed by atoms with Gasteiger partial charge in [0.25, 0.3) is 0 Å². The molecular weight excluding hydrogens is 318 g/mol. The highest BCUT2D eigenvalue weighted by Gasteiger charge is 2.10. The maximum absolute atomic E-state index is 11.5. The summed E-state index contributed by atoms with van der Waals surface area (Å²) >= 11 is 9.26. The summed E-state index contributed by atoms with van der Waals surface area (Å²) in [5.74, 6) is -0.433. The van der Waals surface area contributed by atoms with Crippen LogP contribution in [0, 0.1) is 0 Å². The van der Waals surface area contributed by atoms with Crippen LogP contribution < -0.4 is 0 Å². The number of pyridine rings is 1. The van der Waals surface area contributed by atoms with Gasteiger partial charge >= 0.3 is 5.97 Å². The summed E-state index contributed by atoms with van der Waals surface area (Å²) in [7, 11) is 1.33. The molecule has 0 radical (unpaired) electrons. The van der Waals surface area contributed by atoms with Gasteiger partial charge in [-0.2, -0.15) is 0 Å². The Morgan fingerprint density at radius 3 is 2.56 bits per heavy atom. The van der Waals surface area contributed by atoms with Crippen LogP contribution in [0.4, 0.5) is 0 Å². The molecule has 92 valence electrons. The van der Waals surface area contributed by atoms with E-state index in [4.69, 9.17) is 11.6 Å². The van der Waals surface area contributed by atoms with Gasteiger partial charge in [-0.1, -0.05) is 39.7 Å². The first kappa shape index (κ1) is 13.1. The lowest BCUT2D eigenvalue weighted by Gasteiger charge is -2.05. The summed E-state index contributed by atoms with van der Waals surface area (Å²) in [6.07, 6.45) is 0. The first-order chi connectivity index (χ1) is 8.60. The fourth-order valence-electron chi connectivity index (χ4n) is 1.50. The van der Waals surface area contributed by atoms with Crippen molar-refractivity contribution in [1.82, 2.24) is 4.98 Å². The summed E-state index contributed by atoms with van der Waals surface area (Å²) in [5.41, 5.74) is 1.90. The molecule has 2 aromatic rings. The number of halogens is 2. The standard InChI is InChI=1S/C13H9BrClNO2/c1-18-13(17)9-6-11(16-12(15)7-9)8-2-4-10(14)5-3-8/h2-7H,1H3. The van der Waals surface area contributed by atoms with E-state index in [2.05, 4.69) is 25.7 Å². The van der Waals surface area contributed by atoms with E-state index >= 15 is 0 Å². The van der Waals surface area contributed by atoms with E-state index in [1.807, 2.05) is 24.3 Å². The Labute approximate surface area is 118 Å². The molecule has 1 aromatic heterocycles. The van der Waals surface area contributed by atoms with Crippen LogP contribution in [0.25, 0.3) is 11.3 Å². The summed E-state index contributed by atoms with van der Waals surface area (Å²) in [6, 6.07) is 10.7. The third kappa shape index (κ3) is 2.89. The van der Waals surface area contributed by atoms with Gasteiger partial charge in [0.05, 0.1) is 18.4 Å². The van der Waals surface area contributed by atoms with Crippen molar-refractivity contribution >= 4 is 33.5 Å². The van der Waals surface area contributed by atoms with Crippen LogP contribution in [-0.2, 0) is 4.74 Å². The van der Waals surface area contributed by atoms with Gasteiger partial charge in [-0.15, -0.1) is 0 Å². The van der Waals surface area contributed by atoms with Crippen LogP contribution in [0.5, 0.6) is 0 Å². The molecule has 2 rings (SSSR count). The van der Waals surface area contributed by atoms with Crippen molar-refractivity contribution in [2.24, 2.45) is 0 Å². The minimum absolute atomic E-state index is 0.260. The third-order valence-corrected chi connectivity index (χ3v) is 3.08. The molecule has 1 aromatic carbocycles. The molecule has 0 saturated heterocycles. The molecule has 0 aliphatic heterocycles. The molecule has 1 heterocycles. The van der Waals surface area contributed by atoms with Gasteiger partial charge in [0.15, 0.2) is 0 Å². The zero-order valence-corrected chi connectivity index (χ0v) is 11.8. The number of hydrogen-bond donors (Lipinski definition) is 0. The smallest absolute Gasteiger partial charge is 0.338 e. The van der Waals surface area contributed by atoms with Crippen molar-refractivity contribution < 1.29 is 9.53 Å². The Morgan fingerprint density at radius 1 is 1.28 bits per heavy atom. The summed E-state index contributed by atoms with van der Waals surface area (Å²) < 4.78 is 5.64. The molecule has 0 saturated carbocycles. The Bertz CT molecular complexity index is 584. The minimum atomic E-state index is -0.433. The first-order valence-corrected chi connectivity index (χ1v) is 6.29. The van der Waals surface area contributed by atoms with E-state index in [0.717, 1.165) is 10.0 Å². The zero-order valence-electron chi connectivity index (χ0n) is 9.48. The van der Waals surface area contributed by atoms with Crippen molar-refractivity contribution in [1.29, 1.82) is 0 Å². The van der Waals surface area contributed by atoms with E-state index in [0.29, 0.717) is 11.3 Å². The van der Waals surface area contributed by atoms with E-state index in [1.54, 1.807) is 6.07 Å². The molecule has 0 N–H and O–H groups in total. The second-order valence-electron chi connectivity index (χ2n) is 3.56. The van der Waals surface area contributed by atoms with Crippen molar-refractivity contribution in [3.8, 4) is 11.3 Å². The normalized spacial score (nSPS) is 10.2. The molecule has 0 spiro atoms. The highest BCUT2D eigenvalue weighted by atomic mass is 79.9. The fourth-order valence-corrected chi connectivity index (χ4v) is 1.97. The van der Waals surface area contributed by atoms with Crippen LogP contribution in [0.1, 0.15) is 10.4 Å². The number of carbonyl (C=O) groups excluding carboxylic acids is 1. The van der Waals surface area contributed by atoms with E-state index in [9.17, 15) is 4.79 Å². The molecule has 18 heavy (non-hydrogen) atoms. The fraction of sp³-hybridized carbons (Fsp3) is 0.0769. The maximum Gasteiger partial charge on any atom is 0.338 e. The number of benzene rings is 1. The van der Waals surface area contributed by atoms with E-state index in [-0.39, 0.29) is 5.15 Å². The van der Waals surface area contributed by atoms with Gasteiger partial charge in [-0.3, -0.25) is 0 Å². The highest BCUT2D eigenvalue weighted by Crippen LogP contribution is 2.23. The van der Waals surface area contributed by atoms with E-state index in [1.165, 1.54) is 13.2 Å². The number of hydrogen-bond acceptors (Lipinski definition) is 3. The molecule has 0 bridgehead atoms. The van der Waals surface area contributed by atoms with Gasteiger partial charge in [-0.05, 0) is 24.3 Å². The quantitative estimate of drug-likeness (QED) is 0.619. The van der Waals surface area contributed by atoms with Crippen LogP contribution in [0.3, 0.4) is 0 Å². The molecule has 0 amide bonds. The summed E-state index contributed by atoms with van der Waals surface area (Å²) in [4.78, 5) is 15.7. The van der Waals surface area contributed by atoms with Crippen molar-refractivity contribution in [3.63, 3.8) is 0 Å². The average Bonchev–Trinajstić information content (AvgIpc) is 2.38. The van der Waals surface area contributed by atoms with Gasteiger partial charge in [0.2, 0.25) is 0 Å². The molecule has 0 fully saturated rings. The Morgan fingerprint density at radius 2 is 1.94 bits per heavy atom. The summed E-state index contributed by atoms with van der Waals surface area (Å²) in [5, 5.41) is 0.260. The lowest BCUT2D eigenvalue weighted by atomic mass is 10.1. The van der Waals surface area contributed by atoms with Crippen LogP contribution >= 0.6 is 27.5 Å². The van der Waals surface area contributed by atoms with Gasteiger partial charge < -0.3 is 4.74 Å². The molecule has 0 atom stereocenters. The largest absolute Gasteiger partial charge is 0.465 e. The van der Waals surface area contributed by atoms with Crippen molar-refractivity contribution in [3.05, 3.63) is 51.6 Å². The maximum atomic E-state index is 11.5. The third-order valence-electron chi connectivity index (χ3n) is 2.36. The molecule has 3 nitrogen and oxygen atoms in total. The summed E-state index contributed by atoms with van der Waals surface area (Å²) in [6.45, 7) is 0. The Hall–Kier alpha value is -1.39. The van der Waals surface area contributed by atoms with Crippen molar-refractivity contribution in [2.75, 3.05) is 7.11 Å². The molecular formula is C13H9BrClNO2. The zero-order chi connectivity index (χ0) is 13.1. The predicted molar refractivity (Wildman–Crippen MR) is 73.7 cm³/mol. The second kappa shape index (κ2) is 5.50. The minimum Gasteiger partial charge on any atom is -0.465 e. The number of rotatable bonds is 2. The van der Waals surface area contributed by atoms with Gasteiger partial charge in [0.1, 0.15) is 5.15 Å². The molecule has 5 heteroatoms. The number of esters is 1.